The summed E-state index contributed by atoms with van der Waals surface area (Å²) in [6, 6.07) is 8.43. The number of halogens is 2. The molecule has 2 aromatic rings. The Labute approximate surface area is 308 Å². The molecule has 2 aliphatic carbocycles. The molecule has 3 aliphatic heterocycles. The molecular formula is C44H50Cl2O4. The predicted octanol–water partition coefficient (Wildman–Crippen LogP) is 10.9. The van der Waals surface area contributed by atoms with Crippen molar-refractivity contribution in [2.45, 2.75) is 129 Å². The number of ether oxygens (including phenoxy) is 2. The Morgan fingerprint density at radius 2 is 0.900 bits per heavy atom. The maximum Gasteiger partial charge on any atom is 0.208 e. The van der Waals surface area contributed by atoms with Crippen LogP contribution in [0, 0.1) is 10.8 Å². The highest BCUT2D eigenvalue weighted by molar-refractivity contribution is 6.29. The molecular weight excluding hydrogens is 663 g/mol. The first-order chi connectivity index (χ1) is 22.8. The highest BCUT2D eigenvalue weighted by atomic mass is 35.5. The van der Waals surface area contributed by atoms with E-state index in [1.807, 2.05) is 24.3 Å². The average Bonchev–Trinajstić information content (AvgIpc) is 3.54. The maximum atomic E-state index is 15.1. The molecule has 5 aliphatic rings. The summed E-state index contributed by atoms with van der Waals surface area (Å²) in [5.41, 5.74) is 4.50. The van der Waals surface area contributed by atoms with Gasteiger partial charge in [-0.15, -0.1) is 23.2 Å². The van der Waals surface area contributed by atoms with Crippen molar-refractivity contribution in [2.75, 3.05) is 0 Å². The van der Waals surface area contributed by atoms with E-state index in [2.05, 4.69) is 107 Å². The second kappa shape index (κ2) is 10.7. The van der Waals surface area contributed by atoms with E-state index in [-0.39, 0.29) is 33.2 Å². The average molecular weight is 714 g/mol. The molecule has 0 amide bonds. The number of fused-ring (bicyclic) bond motifs is 2. The number of alkyl halides is 2. The van der Waals surface area contributed by atoms with Crippen LogP contribution in [0.25, 0.3) is 0 Å². The Bertz CT molecular complexity index is 1870. The number of hydrogen-bond donors (Lipinski definition) is 0. The van der Waals surface area contributed by atoms with Crippen LogP contribution in [-0.2, 0) is 33.3 Å². The largest absolute Gasteiger partial charge is 0.474 e. The van der Waals surface area contributed by atoms with Crippen molar-refractivity contribution in [2.24, 2.45) is 10.8 Å². The van der Waals surface area contributed by atoms with Crippen molar-refractivity contribution in [3.05, 3.63) is 104 Å². The fraction of sp³-hybridized carbons (Fsp3) is 0.500. The Morgan fingerprint density at radius 3 is 1.20 bits per heavy atom. The fourth-order valence-corrected chi connectivity index (χ4v) is 8.50. The number of Topliss-reactive ketones (excluding diaryl/α,β-unsaturated/α-hetero) is 2. The van der Waals surface area contributed by atoms with Crippen molar-refractivity contribution in [3.8, 4) is 11.5 Å². The van der Waals surface area contributed by atoms with E-state index in [9.17, 15) is 0 Å². The number of carbonyl (C=O) groups is 2. The summed E-state index contributed by atoms with van der Waals surface area (Å²) in [5.74, 6) is 0.805. The first-order valence-electron chi connectivity index (χ1n) is 17.8. The monoisotopic (exact) mass is 712 g/mol. The third-order valence-electron chi connectivity index (χ3n) is 11.1. The minimum Gasteiger partial charge on any atom is -0.474 e. The molecule has 2 spiro atoms. The summed E-state index contributed by atoms with van der Waals surface area (Å²) in [6.07, 6.45) is 8.59. The molecule has 2 aromatic carbocycles. The lowest BCUT2D eigenvalue weighted by Gasteiger charge is -2.37. The normalized spacial score (nSPS) is 27.5. The summed E-state index contributed by atoms with van der Waals surface area (Å²) in [6.45, 7) is 25.8. The van der Waals surface area contributed by atoms with Gasteiger partial charge in [0.1, 0.15) is 11.5 Å². The minimum atomic E-state index is -1.31. The molecule has 50 heavy (non-hydrogen) atoms. The second-order valence-corrected chi connectivity index (χ2v) is 20.1. The molecule has 6 heteroatoms. The van der Waals surface area contributed by atoms with Crippen LogP contribution in [-0.4, -0.2) is 22.8 Å². The molecule has 3 heterocycles. The first-order valence-corrected chi connectivity index (χ1v) is 18.7. The summed E-state index contributed by atoms with van der Waals surface area (Å²) in [7, 11) is 0. The van der Waals surface area contributed by atoms with E-state index in [0.29, 0.717) is 46.6 Å². The molecule has 0 aromatic heterocycles. The number of rotatable bonds is 0. The highest BCUT2D eigenvalue weighted by Gasteiger charge is 2.55. The van der Waals surface area contributed by atoms with Gasteiger partial charge in [0.2, 0.25) is 11.6 Å². The number of allylic oxidation sites excluding steroid dienone is 4. The Balaban J connectivity index is 1.58. The van der Waals surface area contributed by atoms with Crippen molar-refractivity contribution in [1.82, 2.24) is 0 Å². The van der Waals surface area contributed by atoms with Gasteiger partial charge in [0.05, 0.1) is 10.8 Å². The van der Waals surface area contributed by atoms with E-state index < -0.39 is 22.0 Å². The van der Waals surface area contributed by atoms with E-state index in [4.69, 9.17) is 32.7 Å². The number of ketones is 2. The molecule has 0 radical (unpaired) electrons. The first kappa shape index (κ1) is 35.3. The van der Waals surface area contributed by atoms with Gasteiger partial charge in [-0.25, -0.2) is 0 Å². The van der Waals surface area contributed by atoms with Gasteiger partial charge in [-0.2, -0.15) is 0 Å². The lowest BCUT2D eigenvalue weighted by atomic mass is 9.72. The second-order valence-electron chi connectivity index (χ2n) is 19.2. The SMILES string of the molecule is CC(C)(C)C1=C[C@]23Cc4cc(C(C)(C)C)cc(c4O2)[C@@H](Cl)C2=CC(C(C)(C)C)=C[C@]4(Cc5cc(C(C)(C)C)cc(c5O4)[C@H](Cl)C(=C1)C3=O)C2=O. The van der Waals surface area contributed by atoms with Crippen LogP contribution in [0.1, 0.15) is 127 Å². The molecule has 0 N–H and O–H groups in total. The van der Waals surface area contributed by atoms with E-state index in [1.165, 1.54) is 0 Å². The lowest BCUT2D eigenvalue weighted by Crippen LogP contribution is -2.47. The van der Waals surface area contributed by atoms with E-state index in [0.717, 1.165) is 33.4 Å². The van der Waals surface area contributed by atoms with Gasteiger partial charge in [-0.1, -0.05) is 95.2 Å². The van der Waals surface area contributed by atoms with Gasteiger partial charge in [-0.3, -0.25) is 9.59 Å². The van der Waals surface area contributed by atoms with Crippen LogP contribution >= 0.6 is 23.2 Å². The van der Waals surface area contributed by atoms with Gasteiger partial charge >= 0.3 is 0 Å². The van der Waals surface area contributed by atoms with Crippen LogP contribution in [0.4, 0.5) is 0 Å². The standard InChI is InChI=1S/C44H50Cl2O4/c1-39(2,3)25-13-23-19-43-21-28(42(10,11)12)18-32(38(43)48)34(46)30-16-26(40(4,5)6)14-24-20-44(50-36(24)30)22-27(41(7,8)9)17-31(37(44)47)33(45)29(15-25)35(23)49-43/h13-18,21-22,33-34H,19-20H2,1-12H3/t33-,34+,43+,44-. The number of hydrogen-bond acceptors (Lipinski definition) is 4. The summed E-state index contributed by atoms with van der Waals surface area (Å²) in [4.78, 5) is 30.1. The molecule has 4 nitrogen and oxygen atoms in total. The third-order valence-corrected chi connectivity index (χ3v) is 12.1. The Kier molecular flexibility index (Phi) is 7.58. The quantitative estimate of drug-likeness (QED) is 0.255. The van der Waals surface area contributed by atoms with E-state index >= 15 is 9.59 Å². The zero-order chi connectivity index (χ0) is 36.7. The van der Waals surface area contributed by atoms with Crippen LogP contribution < -0.4 is 9.47 Å². The van der Waals surface area contributed by atoms with Gasteiger partial charge in [0, 0.05) is 35.1 Å². The van der Waals surface area contributed by atoms with Crippen LogP contribution in [0.15, 0.2) is 70.9 Å². The maximum absolute atomic E-state index is 15.1. The van der Waals surface area contributed by atoms with Crippen LogP contribution in [0.2, 0.25) is 0 Å². The smallest absolute Gasteiger partial charge is 0.208 e. The molecule has 7 rings (SSSR count). The topological polar surface area (TPSA) is 52.6 Å². The fourth-order valence-electron chi connectivity index (χ4n) is 7.85. The molecule has 0 fully saturated rings. The molecule has 0 saturated carbocycles. The van der Waals surface area contributed by atoms with Crippen molar-refractivity contribution in [3.63, 3.8) is 0 Å². The highest BCUT2D eigenvalue weighted by Crippen LogP contribution is 2.56. The summed E-state index contributed by atoms with van der Waals surface area (Å²) < 4.78 is 14.0. The van der Waals surface area contributed by atoms with Crippen molar-refractivity contribution in [1.29, 1.82) is 0 Å². The zero-order valence-electron chi connectivity index (χ0n) is 31.6. The molecule has 6 bridgehead atoms. The van der Waals surface area contributed by atoms with Crippen molar-refractivity contribution >= 4 is 34.8 Å². The summed E-state index contributed by atoms with van der Waals surface area (Å²) in [5, 5.41) is -1.70. The van der Waals surface area contributed by atoms with Gasteiger partial charge in [-0.05, 0) is 91.5 Å². The van der Waals surface area contributed by atoms with Crippen LogP contribution in [0.3, 0.4) is 0 Å². The van der Waals surface area contributed by atoms with Gasteiger partial charge in [0.15, 0.2) is 11.2 Å². The molecule has 264 valence electrons. The van der Waals surface area contributed by atoms with Crippen molar-refractivity contribution < 1.29 is 19.1 Å². The lowest BCUT2D eigenvalue weighted by molar-refractivity contribution is -0.127. The number of benzene rings is 2. The molecule has 0 saturated heterocycles. The predicted molar refractivity (Wildman–Crippen MR) is 203 cm³/mol. The Hall–Kier alpha value is -3.08. The third kappa shape index (κ3) is 5.38. The minimum absolute atomic E-state index is 0.166. The Morgan fingerprint density at radius 1 is 0.560 bits per heavy atom. The van der Waals surface area contributed by atoms with Crippen LogP contribution in [0.5, 0.6) is 11.5 Å². The molecule has 4 atom stereocenters. The zero-order valence-corrected chi connectivity index (χ0v) is 33.1. The van der Waals surface area contributed by atoms with E-state index in [1.54, 1.807) is 0 Å². The van der Waals surface area contributed by atoms with Gasteiger partial charge < -0.3 is 9.47 Å². The number of carbonyl (C=O) groups excluding carboxylic acids is 2. The van der Waals surface area contributed by atoms with Gasteiger partial charge in [0.25, 0.3) is 0 Å². The molecule has 0 unspecified atom stereocenters. The summed E-state index contributed by atoms with van der Waals surface area (Å²) >= 11 is 15.2.